The highest BCUT2D eigenvalue weighted by molar-refractivity contribution is 6.01. The molecule has 2 aromatic carbocycles. The molecule has 0 unspecified atom stereocenters. The monoisotopic (exact) mass is 362 g/mol. The number of carbonyl (C=O) groups is 3. The van der Waals surface area contributed by atoms with Gasteiger partial charge in [0.05, 0.1) is 6.54 Å². The Morgan fingerprint density at radius 1 is 0.963 bits per heavy atom. The summed E-state index contributed by atoms with van der Waals surface area (Å²) in [5, 5.41) is 0. The van der Waals surface area contributed by atoms with Crippen LogP contribution in [0.2, 0.25) is 0 Å². The third-order valence-corrected chi connectivity index (χ3v) is 4.55. The maximum Gasteiger partial charge on any atom is 0.254 e. The number of hydrogen-bond donors (Lipinski definition) is 0. The van der Waals surface area contributed by atoms with Crippen molar-refractivity contribution in [3.05, 3.63) is 83.9 Å². The van der Waals surface area contributed by atoms with Crippen LogP contribution in [0.25, 0.3) is 0 Å². The minimum absolute atomic E-state index is 0.0846. The molecule has 1 aliphatic rings. The summed E-state index contributed by atoms with van der Waals surface area (Å²) in [5.74, 6) is -0.362. The Hall–Kier alpha value is -3.21. The summed E-state index contributed by atoms with van der Waals surface area (Å²) < 4.78 is 0. The van der Waals surface area contributed by atoms with Gasteiger partial charge in [-0.3, -0.25) is 19.3 Å². The second-order valence-corrected chi connectivity index (χ2v) is 6.53. The Labute approximate surface area is 158 Å². The molecule has 3 rings (SSSR count). The van der Waals surface area contributed by atoms with E-state index in [0.717, 1.165) is 11.1 Å². The van der Waals surface area contributed by atoms with Gasteiger partial charge in [-0.2, -0.15) is 0 Å². The SMILES string of the molecule is C=CCN(Cc1ccccc1)C(=O)c1ccc(CN2C(=O)CCC2=O)cc1. The van der Waals surface area contributed by atoms with E-state index >= 15 is 0 Å². The van der Waals surface area contributed by atoms with Crippen LogP contribution in [0.5, 0.6) is 0 Å². The van der Waals surface area contributed by atoms with E-state index in [-0.39, 0.29) is 37.1 Å². The van der Waals surface area contributed by atoms with Gasteiger partial charge in [-0.1, -0.05) is 48.5 Å². The third-order valence-electron chi connectivity index (χ3n) is 4.55. The normalized spacial score (nSPS) is 13.7. The van der Waals surface area contributed by atoms with Crippen LogP contribution in [-0.2, 0) is 22.7 Å². The molecule has 0 aromatic heterocycles. The Morgan fingerprint density at radius 3 is 2.19 bits per heavy atom. The summed E-state index contributed by atoms with van der Waals surface area (Å²) in [6.45, 7) is 4.95. The van der Waals surface area contributed by atoms with Crippen LogP contribution in [0.15, 0.2) is 67.3 Å². The predicted molar refractivity (Wildman–Crippen MR) is 103 cm³/mol. The Kier molecular flexibility index (Phi) is 5.81. The molecule has 0 saturated carbocycles. The molecule has 0 atom stereocenters. The molecule has 1 aliphatic heterocycles. The van der Waals surface area contributed by atoms with E-state index in [2.05, 4.69) is 6.58 Å². The lowest BCUT2D eigenvalue weighted by Gasteiger charge is -2.21. The molecule has 27 heavy (non-hydrogen) atoms. The van der Waals surface area contributed by atoms with E-state index in [9.17, 15) is 14.4 Å². The molecule has 3 amide bonds. The molecular formula is C22H22N2O3. The van der Waals surface area contributed by atoms with Crippen molar-refractivity contribution in [2.75, 3.05) is 6.54 Å². The maximum atomic E-state index is 12.9. The van der Waals surface area contributed by atoms with Crippen LogP contribution in [-0.4, -0.2) is 34.1 Å². The van der Waals surface area contributed by atoms with Crippen molar-refractivity contribution >= 4 is 17.7 Å². The first-order valence-corrected chi connectivity index (χ1v) is 8.94. The maximum absolute atomic E-state index is 12.9. The van der Waals surface area contributed by atoms with Crippen molar-refractivity contribution < 1.29 is 14.4 Å². The standard InChI is InChI=1S/C22H22N2O3/c1-2-14-23(15-17-6-4-3-5-7-17)22(27)19-10-8-18(9-11-19)16-24-20(25)12-13-21(24)26/h2-11H,1,12-16H2. The number of amides is 3. The van der Waals surface area contributed by atoms with Crippen LogP contribution < -0.4 is 0 Å². The highest BCUT2D eigenvalue weighted by atomic mass is 16.2. The Balaban J connectivity index is 1.70. The molecule has 0 bridgehead atoms. The third kappa shape index (κ3) is 4.50. The highest BCUT2D eigenvalue weighted by Crippen LogP contribution is 2.17. The summed E-state index contributed by atoms with van der Waals surface area (Å²) >= 11 is 0. The molecule has 0 N–H and O–H groups in total. The Bertz CT molecular complexity index is 828. The number of carbonyl (C=O) groups excluding carboxylic acids is 3. The van der Waals surface area contributed by atoms with Crippen LogP contribution in [0.4, 0.5) is 0 Å². The van der Waals surface area contributed by atoms with Crippen molar-refractivity contribution in [1.29, 1.82) is 0 Å². The number of imide groups is 1. The second kappa shape index (κ2) is 8.45. The average Bonchev–Trinajstić information content (AvgIpc) is 3.00. The zero-order chi connectivity index (χ0) is 19.2. The van der Waals surface area contributed by atoms with Gasteiger partial charge in [0.2, 0.25) is 11.8 Å². The first-order valence-electron chi connectivity index (χ1n) is 8.94. The number of likely N-dealkylation sites (tertiary alicyclic amines) is 1. The first-order chi connectivity index (χ1) is 13.1. The average molecular weight is 362 g/mol. The molecule has 1 fully saturated rings. The fourth-order valence-corrected chi connectivity index (χ4v) is 3.10. The minimum Gasteiger partial charge on any atom is -0.331 e. The lowest BCUT2D eigenvalue weighted by atomic mass is 10.1. The van der Waals surface area contributed by atoms with Crippen molar-refractivity contribution in [2.24, 2.45) is 0 Å². The van der Waals surface area contributed by atoms with Gasteiger partial charge < -0.3 is 4.90 Å². The smallest absolute Gasteiger partial charge is 0.254 e. The van der Waals surface area contributed by atoms with Crippen molar-refractivity contribution in [2.45, 2.75) is 25.9 Å². The van der Waals surface area contributed by atoms with Gasteiger partial charge in [-0.15, -0.1) is 6.58 Å². The topological polar surface area (TPSA) is 57.7 Å². The summed E-state index contributed by atoms with van der Waals surface area (Å²) in [6, 6.07) is 16.9. The zero-order valence-corrected chi connectivity index (χ0v) is 15.1. The van der Waals surface area contributed by atoms with E-state index in [0.29, 0.717) is 18.7 Å². The molecule has 5 heteroatoms. The quantitative estimate of drug-likeness (QED) is 0.562. The largest absolute Gasteiger partial charge is 0.331 e. The van der Waals surface area contributed by atoms with Crippen LogP contribution >= 0.6 is 0 Å². The fourth-order valence-electron chi connectivity index (χ4n) is 3.10. The number of rotatable bonds is 7. The van der Waals surface area contributed by atoms with E-state index in [1.807, 2.05) is 30.3 Å². The van der Waals surface area contributed by atoms with Gasteiger partial charge >= 0.3 is 0 Å². The Morgan fingerprint density at radius 2 is 1.59 bits per heavy atom. The molecule has 138 valence electrons. The van der Waals surface area contributed by atoms with Crippen molar-refractivity contribution in [1.82, 2.24) is 9.80 Å². The van der Waals surface area contributed by atoms with Gasteiger partial charge in [0, 0.05) is 31.5 Å². The van der Waals surface area contributed by atoms with Crippen molar-refractivity contribution in [3.8, 4) is 0 Å². The van der Waals surface area contributed by atoms with Gasteiger partial charge in [0.15, 0.2) is 0 Å². The van der Waals surface area contributed by atoms with E-state index in [4.69, 9.17) is 0 Å². The van der Waals surface area contributed by atoms with Crippen molar-refractivity contribution in [3.63, 3.8) is 0 Å². The zero-order valence-electron chi connectivity index (χ0n) is 15.1. The van der Waals surface area contributed by atoms with Crippen LogP contribution in [0, 0.1) is 0 Å². The number of benzene rings is 2. The molecule has 5 nitrogen and oxygen atoms in total. The summed E-state index contributed by atoms with van der Waals surface area (Å²) in [7, 11) is 0. The molecule has 0 aliphatic carbocycles. The van der Waals surface area contributed by atoms with Crippen LogP contribution in [0.3, 0.4) is 0 Å². The molecule has 1 heterocycles. The lowest BCUT2D eigenvalue weighted by molar-refractivity contribution is -0.139. The predicted octanol–water partition coefficient (Wildman–Crippen LogP) is 3.16. The van der Waals surface area contributed by atoms with Gasteiger partial charge in [-0.05, 0) is 23.3 Å². The van der Waals surface area contributed by atoms with Crippen LogP contribution in [0.1, 0.15) is 34.3 Å². The number of hydrogen-bond acceptors (Lipinski definition) is 3. The minimum atomic E-state index is -0.139. The van der Waals surface area contributed by atoms with Gasteiger partial charge in [0.25, 0.3) is 5.91 Å². The molecule has 2 aromatic rings. The fraction of sp³-hybridized carbons (Fsp3) is 0.227. The summed E-state index contributed by atoms with van der Waals surface area (Å²) in [4.78, 5) is 39.3. The van der Waals surface area contributed by atoms with E-state index in [1.54, 1.807) is 35.2 Å². The summed E-state index contributed by atoms with van der Waals surface area (Å²) in [5.41, 5.74) is 2.44. The van der Waals surface area contributed by atoms with E-state index in [1.165, 1.54) is 4.90 Å². The first kappa shape index (κ1) is 18.6. The van der Waals surface area contributed by atoms with Gasteiger partial charge in [-0.25, -0.2) is 0 Å². The molecular weight excluding hydrogens is 340 g/mol. The number of nitrogens with zero attached hydrogens (tertiary/aromatic N) is 2. The van der Waals surface area contributed by atoms with Gasteiger partial charge in [0.1, 0.15) is 0 Å². The summed E-state index contributed by atoms with van der Waals surface area (Å²) in [6.07, 6.45) is 2.27. The lowest BCUT2D eigenvalue weighted by Crippen LogP contribution is -2.31. The molecule has 0 radical (unpaired) electrons. The second-order valence-electron chi connectivity index (χ2n) is 6.53. The molecule has 1 saturated heterocycles. The highest BCUT2D eigenvalue weighted by Gasteiger charge is 2.28. The van der Waals surface area contributed by atoms with E-state index < -0.39 is 0 Å². The molecule has 0 spiro atoms.